The number of hydrogen-bond donors (Lipinski definition) is 0. The van der Waals surface area contributed by atoms with Crippen molar-refractivity contribution >= 4 is 23.5 Å². The van der Waals surface area contributed by atoms with Crippen molar-refractivity contribution < 1.29 is 0 Å². The van der Waals surface area contributed by atoms with Crippen molar-refractivity contribution in [2.24, 2.45) is 17.8 Å². The highest BCUT2D eigenvalue weighted by Crippen LogP contribution is 2.71. The van der Waals surface area contributed by atoms with Crippen molar-refractivity contribution in [1.82, 2.24) is 0 Å². The molecule has 0 saturated heterocycles. The molecule has 0 aromatic heterocycles. The van der Waals surface area contributed by atoms with E-state index in [1.165, 1.54) is 44.9 Å². The first-order valence-corrected chi connectivity index (χ1v) is 9.12. The standard InChI is InChI=1S/C17H35B3/c1-12(2)14-6-5-7-16(19)9-8-15(18,13(3)4)11-17(16,20)10-14/h12-14H,5-11,18-20H2,1-4H3. The van der Waals surface area contributed by atoms with Crippen molar-refractivity contribution in [2.75, 3.05) is 0 Å². The minimum Gasteiger partial charge on any atom is -0.0629 e. The van der Waals surface area contributed by atoms with Gasteiger partial charge in [0.15, 0.2) is 0 Å². The van der Waals surface area contributed by atoms with Crippen molar-refractivity contribution in [3.8, 4) is 0 Å². The lowest BCUT2D eigenvalue weighted by atomic mass is 9.31. The Bertz CT molecular complexity index is 354. The van der Waals surface area contributed by atoms with E-state index >= 15 is 0 Å². The Balaban J connectivity index is 2.29. The maximum atomic E-state index is 2.65. The highest BCUT2D eigenvalue weighted by Gasteiger charge is 2.53. The summed E-state index contributed by atoms with van der Waals surface area (Å²) in [7, 11) is 7.83. The van der Waals surface area contributed by atoms with E-state index in [-0.39, 0.29) is 0 Å². The first-order valence-electron chi connectivity index (χ1n) is 9.12. The van der Waals surface area contributed by atoms with E-state index < -0.39 is 0 Å². The predicted octanol–water partition coefficient (Wildman–Crippen LogP) is 3.05. The average molecular weight is 272 g/mol. The minimum absolute atomic E-state index is 0.565. The summed E-state index contributed by atoms with van der Waals surface area (Å²) in [6.07, 6.45) is 10.3. The summed E-state index contributed by atoms with van der Waals surface area (Å²) in [6.45, 7) is 9.79. The van der Waals surface area contributed by atoms with E-state index in [2.05, 4.69) is 51.2 Å². The molecule has 0 spiro atoms. The first kappa shape index (κ1) is 16.6. The van der Waals surface area contributed by atoms with Crippen LogP contribution in [0.4, 0.5) is 0 Å². The molecule has 0 nitrogen and oxygen atoms in total. The molecule has 0 heterocycles. The zero-order valence-electron chi connectivity index (χ0n) is 15.2. The van der Waals surface area contributed by atoms with Gasteiger partial charge in [-0.05, 0) is 17.8 Å². The lowest BCUT2D eigenvalue weighted by Gasteiger charge is -2.58. The molecule has 0 N–H and O–H groups in total. The molecule has 112 valence electrons. The summed E-state index contributed by atoms with van der Waals surface area (Å²) in [5, 5.41) is 1.74. The molecule has 0 bridgehead atoms. The van der Waals surface area contributed by atoms with Crippen LogP contribution in [0.15, 0.2) is 0 Å². The molecule has 0 aromatic rings. The van der Waals surface area contributed by atoms with Crippen LogP contribution in [-0.2, 0) is 0 Å². The predicted molar refractivity (Wildman–Crippen MR) is 99.2 cm³/mol. The minimum atomic E-state index is 0.565. The Hall–Kier alpha value is 0.195. The van der Waals surface area contributed by atoms with Gasteiger partial charge in [-0.2, -0.15) is 0 Å². The third kappa shape index (κ3) is 2.75. The van der Waals surface area contributed by atoms with E-state index in [0.717, 1.165) is 17.8 Å². The second-order valence-electron chi connectivity index (χ2n) is 9.71. The molecule has 3 heteroatoms. The second kappa shape index (κ2) is 5.43. The molecule has 2 saturated carbocycles. The van der Waals surface area contributed by atoms with Gasteiger partial charge < -0.3 is 0 Å². The van der Waals surface area contributed by atoms with Gasteiger partial charge in [-0.1, -0.05) is 88.6 Å². The molecule has 0 radical (unpaired) electrons. The Morgan fingerprint density at radius 1 is 0.900 bits per heavy atom. The van der Waals surface area contributed by atoms with Gasteiger partial charge >= 0.3 is 0 Å². The van der Waals surface area contributed by atoms with Crippen LogP contribution >= 0.6 is 0 Å². The smallest absolute Gasteiger partial charge is 0.0629 e. The van der Waals surface area contributed by atoms with Crippen molar-refractivity contribution in [3.63, 3.8) is 0 Å². The number of rotatable bonds is 2. The number of fused-ring (bicyclic) bond motifs is 1. The number of hydrogen-bond acceptors (Lipinski definition) is 0. The lowest BCUT2D eigenvalue weighted by Crippen LogP contribution is -2.42. The van der Waals surface area contributed by atoms with Gasteiger partial charge in [0.25, 0.3) is 0 Å². The van der Waals surface area contributed by atoms with Crippen LogP contribution in [0.1, 0.15) is 72.6 Å². The van der Waals surface area contributed by atoms with Crippen molar-refractivity contribution in [1.29, 1.82) is 0 Å². The molecule has 2 fully saturated rings. The van der Waals surface area contributed by atoms with Crippen LogP contribution in [0.5, 0.6) is 0 Å². The van der Waals surface area contributed by atoms with Gasteiger partial charge in [-0.25, -0.2) is 0 Å². The van der Waals surface area contributed by atoms with E-state index in [4.69, 9.17) is 0 Å². The molecule has 2 aliphatic rings. The zero-order chi connectivity index (χ0) is 15.2. The van der Waals surface area contributed by atoms with Gasteiger partial charge in [0.1, 0.15) is 23.5 Å². The first-order chi connectivity index (χ1) is 9.12. The highest BCUT2D eigenvalue weighted by molar-refractivity contribution is 6.28. The van der Waals surface area contributed by atoms with Gasteiger partial charge in [0.05, 0.1) is 0 Å². The molecule has 0 amide bonds. The summed E-state index contributed by atoms with van der Waals surface area (Å²) in [5.41, 5.74) is 0. The maximum Gasteiger partial charge on any atom is 0.109 e. The molecule has 4 atom stereocenters. The highest BCUT2D eigenvalue weighted by atomic mass is 14.5. The molecule has 0 aliphatic heterocycles. The zero-order valence-corrected chi connectivity index (χ0v) is 15.2. The van der Waals surface area contributed by atoms with Crippen molar-refractivity contribution in [3.05, 3.63) is 0 Å². The summed E-state index contributed by atoms with van der Waals surface area (Å²) in [4.78, 5) is 0. The lowest BCUT2D eigenvalue weighted by molar-refractivity contribution is 0.163. The maximum absolute atomic E-state index is 2.65. The Kier molecular flexibility index (Phi) is 4.50. The van der Waals surface area contributed by atoms with E-state index in [0.29, 0.717) is 15.9 Å². The third-order valence-electron chi connectivity index (χ3n) is 7.85. The monoisotopic (exact) mass is 272 g/mol. The largest absolute Gasteiger partial charge is 0.109 e. The SMILES string of the molecule is BC1(C(C)C)CCC2(B)CCCC(C(C)C)CC2(B)C1. The van der Waals surface area contributed by atoms with Crippen LogP contribution in [-0.4, -0.2) is 23.5 Å². The van der Waals surface area contributed by atoms with Crippen molar-refractivity contribution in [2.45, 2.75) is 88.6 Å². The van der Waals surface area contributed by atoms with Gasteiger partial charge in [0, 0.05) is 0 Å². The van der Waals surface area contributed by atoms with E-state index in [9.17, 15) is 0 Å². The fourth-order valence-electron chi connectivity index (χ4n) is 5.30. The van der Waals surface area contributed by atoms with Crippen LogP contribution in [0, 0.1) is 17.8 Å². The van der Waals surface area contributed by atoms with Gasteiger partial charge in [-0.15, -0.1) is 0 Å². The molecule has 4 unspecified atom stereocenters. The summed E-state index contributed by atoms with van der Waals surface area (Å²) >= 11 is 0. The summed E-state index contributed by atoms with van der Waals surface area (Å²) in [6, 6.07) is 0. The van der Waals surface area contributed by atoms with E-state index in [1.54, 1.807) is 0 Å². The normalized spacial score (nSPS) is 46.2. The van der Waals surface area contributed by atoms with Crippen LogP contribution in [0.3, 0.4) is 0 Å². The molecule has 2 aliphatic carbocycles. The fraction of sp³-hybridized carbons (Fsp3) is 1.00. The average Bonchev–Trinajstić information content (AvgIpc) is 2.46. The van der Waals surface area contributed by atoms with Crippen LogP contribution in [0.25, 0.3) is 0 Å². The van der Waals surface area contributed by atoms with E-state index in [1.807, 2.05) is 0 Å². The molecular formula is C17H35B3. The summed E-state index contributed by atoms with van der Waals surface area (Å²) in [5.74, 6) is 2.64. The Morgan fingerprint density at radius 2 is 1.55 bits per heavy atom. The Labute approximate surface area is 130 Å². The van der Waals surface area contributed by atoms with Crippen LogP contribution in [0.2, 0.25) is 15.9 Å². The molecular weight excluding hydrogens is 237 g/mol. The van der Waals surface area contributed by atoms with Crippen LogP contribution < -0.4 is 0 Å². The molecule has 0 aromatic carbocycles. The van der Waals surface area contributed by atoms with Gasteiger partial charge in [-0.3, -0.25) is 0 Å². The fourth-order valence-corrected chi connectivity index (χ4v) is 5.30. The molecule has 20 heavy (non-hydrogen) atoms. The third-order valence-corrected chi connectivity index (χ3v) is 7.85. The van der Waals surface area contributed by atoms with Gasteiger partial charge in [0.2, 0.25) is 0 Å². The Morgan fingerprint density at radius 3 is 2.10 bits per heavy atom. The summed E-state index contributed by atoms with van der Waals surface area (Å²) < 4.78 is 0. The topological polar surface area (TPSA) is 0 Å². The molecule has 2 rings (SSSR count). The quantitative estimate of drug-likeness (QED) is 0.678. The second-order valence-corrected chi connectivity index (χ2v) is 9.71.